The number of carboxylic acids is 1. The molecule has 5 amide bonds. The van der Waals surface area contributed by atoms with Gasteiger partial charge in [-0.2, -0.15) is 11.8 Å². The van der Waals surface area contributed by atoms with Crippen molar-refractivity contribution in [2.45, 2.75) is 49.9 Å². The number of amides is 5. The van der Waals surface area contributed by atoms with E-state index in [0.717, 1.165) is 0 Å². The SMILES string of the molecule is CSCC[C@H](NC(=O)CNC(=O)[C@H](Cc1ccccc1)NC(=O)[C@H](CC(=O)O)NC(=O)[C@@H](N)Cc1ccc(O)cc1)C(N)=O. The standard InChI is InChI=1S/C29H38N6O8S/c1-44-12-11-21(26(31)40)33-24(37)16-32-28(42)22(14-17-5-3-2-4-6-17)35-29(43)23(15-25(38)39)34-27(41)20(30)13-18-7-9-19(36)10-8-18/h2-10,20-23,36H,11-16,30H2,1H3,(H2,31,40)(H,32,42)(H,33,37)(H,34,41)(H,35,43)(H,38,39)/t20-,21-,22-,23-/m0/s1. The molecule has 2 aromatic carbocycles. The first-order valence-electron chi connectivity index (χ1n) is 13.6. The van der Waals surface area contributed by atoms with Crippen molar-refractivity contribution in [3.05, 3.63) is 65.7 Å². The van der Waals surface area contributed by atoms with Crippen molar-refractivity contribution < 1.29 is 39.0 Å². The molecule has 14 nitrogen and oxygen atoms in total. The summed E-state index contributed by atoms with van der Waals surface area (Å²) in [6.45, 7) is -0.523. The van der Waals surface area contributed by atoms with Crippen LogP contribution in [-0.2, 0) is 41.6 Å². The highest BCUT2D eigenvalue weighted by Gasteiger charge is 2.30. The summed E-state index contributed by atoms with van der Waals surface area (Å²) in [5.41, 5.74) is 12.6. The van der Waals surface area contributed by atoms with Gasteiger partial charge in [0.2, 0.25) is 29.5 Å². The average molecular weight is 631 g/mol. The molecule has 0 unspecified atom stereocenters. The van der Waals surface area contributed by atoms with Gasteiger partial charge >= 0.3 is 5.97 Å². The maximum absolute atomic E-state index is 13.2. The van der Waals surface area contributed by atoms with Crippen LogP contribution in [0, 0.1) is 0 Å². The molecule has 0 saturated carbocycles. The lowest BCUT2D eigenvalue weighted by molar-refractivity contribution is -0.141. The number of nitrogens with two attached hydrogens (primary N) is 2. The third-order valence-corrected chi connectivity index (χ3v) is 7.01. The van der Waals surface area contributed by atoms with E-state index in [1.807, 2.05) is 6.26 Å². The first-order chi connectivity index (χ1) is 20.9. The summed E-state index contributed by atoms with van der Waals surface area (Å²) in [5.74, 6) is -4.70. The molecule has 10 N–H and O–H groups in total. The van der Waals surface area contributed by atoms with Crippen LogP contribution in [-0.4, -0.2) is 88.4 Å². The molecule has 0 heterocycles. The number of primary amides is 1. The molecular formula is C29H38N6O8S. The number of phenolic OH excluding ortho intramolecular Hbond substituents is 1. The fourth-order valence-corrected chi connectivity index (χ4v) is 4.50. The van der Waals surface area contributed by atoms with Crippen molar-refractivity contribution in [2.75, 3.05) is 18.6 Å². The first kappa shape index (κ1) is 35.6. The van der Waals surface area contributed by atoms with E-state index in [4.69, 9.17) is 11.5 Å². The second kappa shape index (κ2) is 18.1. The molecule has 0 aliphatic rings. The van der Waals surface area contributed by atoms with Gasteiger partial charge in [-0.1, -0.05) is 42.5 Å². The minimum absolute atomic E-state index is 0.0221. The number of benzene rings is 2. The lowest BCUT2D eigenvalue weighted by atomic mass is 10.0. The van der Waals surface area contributed by atoms with Crippen molar-refractivity contribution >= 4 is 47.3 Å². The van der Waals surface area contributed by atoms with Crippen molar-refractivity contribution in [3.8, 4) is 5.75 Å². The Labute approximate surface area is 258 Å². The molecule has 0 spiro atoms. The number of phenols is 1. The number of nitrogens with one attached hydrogen (secondary N) is 4. The van der Waals surface area contributed by atoms with Gasteiger partial charge < -0.3 is 42.9 Å². The molecule has 0 aliphatic heterocycles. The van der Waals surface area contributed by atoms with E-state index in [0.29, 0.717) is 23.3 Å². The number of aliphatic carboxylic acids is 1. The first-order valence-corrected chi connectivity index (χ1v) is 15.0. The smallest absolute Gasteiger partial charge is 0.305 e. The van der Waals surface area contributed by atoms with Gasteiger partial charge in [-0.15, -0.1) is 0 Å². The predicted octanol–water partition coefficient (Wildman–Crippen LogP) is -1.21. The van der Waals surface area contributed by atoms with Crippen LogP contribution in [0.5, 0.6) is 5.75 Å². The van der Waals surface area contributed by atoms with Crippen molar-refractivity contribution in [1.82, 2.24) is 21.3 Å². The number of rotatable bonds is 18. The summed E-state index contributed by atoms with van der Waals surface area (Å²) in [7, 11) is 0. The van der Waals surface area contributed by atoms with E-state index in [9.17, 15) is 39.0 Å². The molecule has 0 aliphatic carbocycles. The molecule has 2 rings (SSSR count). The molecule has 44 heavy (non-hydrogen) atoms. The highest BCUT2D eigenvalue weighted by atomic mass is 32.2. The highest BCUT2D eigenvalue weighted by molar-refractivity contribution is 7.98. The summed E-state index contributed by atoms with van der Waals surface area (Å²) in [5, 5.41) is 28.5. The van der Waals surface area contributed by atoms with Crippen LogP contribution < -0.4 is 32.7 Å². The highest BCUT2D eigenvalue weighted by Crippen LogP contribution is 2.11. The van der Waals surface area contributed by atoms with Gasteiger partial charge in [-0.05, 0) is 48.1 Å². The molecule has 2 aromatic rings. The summed E-state index contributed by atoms with van der Waals surface area (Å²) in [6.07, 6.45) is 1.36. The molecule has 0 bridgehead atoms. The summed E-state index contributed by atoms with van der Waals surface area (Å²) >= 11 is 1.47. The lowest BCUT2D eigenvalue weighted by Gasteiger charge is -2.24. The molecule has 0 radical (unpaired) electrons. The van der Waals surface area contributed by atoms with E-state index in [-0.39, 0.29) is 18.6 Å². The Morgan fingerprint density at radius 2 is 1.41 bits per heavy atom. The minimum atomic E-state index is -1.58. The summed E-state index contributed by atoms with van der Waals surface area (Å²) in [4.78, 5) is 74.8. The molecule has 15 heteroatoms. The number of hydrogen-bond donors (Lipinski definition) is 8. The fraction of sp³-hybridized carbons (Fsp3) is 0.379. The number of aromatic hydroxyl groups is 1. The zero-order valence-corrected chi connectivity index (χ0v) is 25.0. The Balaban J connectivity index is 2.12. The van der Waals surface area contributed by atoms with E-state index in [1.165, 1.54) is 23.9 Å². The molecule has 0 saturated heterocycles. The molecule has 0 aromatic heterocycles. The van der Waals surface area contributed by atoms with Crippen LogP contribution in [0.2, 0.25) is 0 Å². The van der Waals surface area contributed by atoms with Crippen LogP contribution >= 0.6 is 11.8 Å². The van der Waals surface area contributed by atoms with Gasteiger partial charge in [0.05, 0.1) is 19.0 Å². The van der Waals surface area contributed by atoms with Crippen molar-refractivity contribution in [1.29, 1.82) is 0 Å². The van der Waals surface area contributed by atoms with Crippen molar-refractivity contribution in [3.63, 3.8) is 0 Å². The van der Waals surface area contributed by atoms with Crippen molar-refractivity contribution in [2.24, 2.45) is 11.5 Å². The number of carbonyl (C=O) groups excluding carboxylic acids is 5. The topological polar surface area (TPSA) is 243 Å². The molecule has 4 atom stereocenters. The number of thioether (sulfide) groups is 1. The van der Waals surface area contributed by atoms with Crippen LogP contribution in [0.3, 0.4) is 0 Å². The van der Waals surface area contributed by atoms with Crippen LogP contribution in [0.1, 0.15) is 24.0 Å². The second-order valence-corrected chi connectivity index (χ2v) is 10.9. The van der Waals surface area contributed by atoms with Gasteiger partial charge in [0.1, 0.15) is 23.9 Å². The Kier molecular flexibility index (Phi) is 14.7. The predicted molar refractivity (Wildman–Crippen MR) is 163 cm³/mol. The van der Waals surface area contributed by atoms with E-state index in [1.54, 1.807) is 42.5 Å². The van der Waals surface area contributed by atoms with Gasteiger partial charge in [-0.25, -0.2) is 0 Å². The summed E-state index contributed by atoms with van der Waals surface area (Å²) < 4.78 is 0. The van der Waals surface area contributed by atoms with E-state index >= 15 is 0 Å². The lowest BCUT2D eigenvalue weighted by Crippen LogP contribution is -2.57. The number of hydrogen-bond acceptors (Lipinski definition) is 9. The molecule has 238 valence electrons. The maximum Gasteiger partial charge on any atom is 0.305 e. The Morgan fingerprint density at radius 3 is 2.00 bits per heavy atom. The quantitative estimate of drug-likeness (QED) is 0.0977. The molecular weight excluding hydrogens is 592 g/mol. The average Bonchev–Trinajstić information content (AvgIpc) is 2.98. The second-order valence-electron chi connectivity index (χ2n) is 9.91. The maximum atomic E-state index is 13.2. The van der Waals surface area contributed by atoms with Gasteiger partial charge in [0, 0.05) is 6.42 Å². The largest absolute Gasteiger partial charge is 0.508 e. The normalized spacial score (nSPS) is 13.4. The zero-order valence-electron chi connectivity index (χ0n) is 24.2. The van der Waals surface area contributed by atoms with Gasteiger partial charge in [0.15, 0.2) is 0 Å². The monoisotopic (exact) mass is 630 g/mol. The van der Waals surface area contributed by atoms with Gasteiger partial charge in [0.25, 0.3) is 0 Å². The Hall–Kier alpha value is -4.63. The van der Waals surface area contributed by atoms with E-state index < -0.39 is 72.6 Å². The zero-order chi connectivity index (χ0) is 32.6. The third-order valence-electron chi connectivity index (χ3n) is 6.37. The van der Waals surface area contributed by atoms with Crippen LogP contribution in [0.25, 0.3) is 0 Å². The molecule has 0 fully saturated rings. The minimum Gasteiger partial charge on any atom is -0.508 e. The Morgan fingerprint density at radius 1 is 0.795 bits per heavy atom. The number of carboxylic acid groups (broad SMARTS) is 1. The summed E-state index contributed by atoms with van der Waals surface area (Å²) in [6, 6.07) is 9.68. The van der Waals surface area contributed by atoms with Crippen LogP contribution in [0.15, 0.2) is 54.6 Å². The van der Waals surface area contributed by atoms with Gasteiger partial charge in [-0.3, -0.25) is 28.8 Å². The Bertz CT molecular complexity index is 1290. The number of carbonyl (C=O) groups is 6. The van der Waals surface area contributed by atoms with E-state index in [2.05, 4.69) is 21.3 Å². The fourth-order valence-electron chi connectivity index (χ4n) is 4.03. The third kappa shape index (κ3) is 12.7. The van der Waals surface area contributed by atoms with Crippen LogP contribution in [0.4, 0.5) is 0 Å².